The van der Waals surface area contributed by atoms with Crippen LogP contribution in [0.4, 0.5) is 0 Å². The smallest absolute Gasteiger partial charge is 0.306 e. The summed E-state index contributed by atoms with van der Waals surface area (Å²) in [5, 5.41) is 12.4. The Hall–Kier alpha value is -3.02. The second-order valence-electron chi connectivity index (χ2n) is 11.5. The molecule has 4 aliphatic rings. The van der Waals surface area contributed by atoms with Crippen molar-refractivity contribution in [1.29, 1.82) is 0 Å². The van der Waals surface area contributed by atoms with Crippen LogP contribution in [0.15, 0.2) is 53.0 Å². The summed E-state index contributed by atoms with van der Waals surface area (Å²) in [4.78, 5) is 58.4. The molecular weight excluding hydrogens is 606 g/mol. The Balaban J connectivity index is 1.57. The van der Waals surface area contributed by atoms with Gasteiger partial charge in [0.2, 0.25) is 17.7 Å². The fourth-order valence-corrected chi connectivity index (χ4v) is 7.31. The first kappa shape index (κ1) is 30.4. The molecule has 10 nitrogen and oxygen atoms in total. The van der Waals surface area contributed by atoms with Gasteiger partial charge >= 0.3 is 5.97 Å². The summed E-state index contributed by atoms with van der Waals surface area (Å²) in [6.07, 6.45) is 6.35. The number of hydrogen-bond donors (Lipinski definition) is 2. The van der Waals surface area contributed by atoms with Gasteiger partial charge in [0.05, 0.1) is 17.9 Å². The maximum absolute atomic E-state index is 14.4. The number of cyclic esters (lactones) is 1. The maximum Gasteiger partial charge on any atom is 0.306 e. The third-order valence-corrected chi connectivity index (χ3v) is 9.27. The number of ether oxygens (including phenoxy) is 2. The van der Waals surface area contributed by atoms with Gasteiger partial charge in [0, 0.05) is 36.6 Å². The van der Waals surface area contributed by atoms with E-state index in [-0.39, 0.29) is 50.6 Å². The number of hydrogen-bond acceptors (Lipinski definition) is 7. The van der Waals surface area contributed by atoms with E-state index < -0.39 is 47.5 Å². The number of amides is 3. The molecule has 1 spiro atoms. The zero-order chi connectivity index (χ0) is 30.0. The van der Waals surface area contributed by atoms with Crippen molar-refractivity contribution < 1.29 is 33.8 Å². The van der Waals surface area contributed by atoms with E-state index >= 15 is 0 Å². The first-order valence-corrected chi connectivity index (χ1v) is 15.4. The number of nitrogens with zero attached hydrogens (tertiary/aromatic N) is 2. The van der Waals surface area contributed by atoms with Gasteiger partial charge in [-0.3, -0.25) is 19.2 Å². The second kappa shape index (κ2) is 12.7. The topological polar surface area (TPSA) is 125 Å². The van der Waals surface area contributed by atoms with Crippen molar-refractivity contribution in [3.8, 4) is 0 Å². The molecule has 2 fully saturated rings. The largest absolute Gasteiger partial charge is 0.463 e. The van der Waals surface area contributed by atoms with Gasteiger partial charge in [0.1, 0.15) is 24.4 Å². The summed E-state index contributed by atoms with van der Waals surface area (Å²) in [7, 11) is 0. The fourth-order valence-electron chi connectivity index (χ4n) is 6.57. The average molecular weight is 645 g/mol. The normalized spacial score (nSPS) is 32.6. The van der Waals surface area contributed by atoms with E-state index in [0.29, 0.717) is 23.7 Å². The third kappa shape index (κ3) is 5.54. The van der Waals surface area contributed by atoms with Crippen LogP contribution >= 0.6 is 15.9 Å². The third-order valence-electron chi connectivity index (χ3n) is 8.59. The number of halogens is 1. The molecule has 2 saturated heterocycles. The number of likely N-dealkylation sites (tertiary alicyclic amines) is 1. The highest BCUT2D eigenvalue weighted by Crippen LogP contribution is 2.58. The summed E-state index contributed by atoms with van der Waals surface area (Å²) in [6, 6.07) is 7.44. The van der Waals surface area contributed by atoms with Crippen LogP contribution in [0.1, 0.15) is 51.1 Å². The molecule has 42 heavy (non-hydrogen) atoms. The van der Waals surface area contributed by atoms with E-state index in [1.165, 1.54) is 0 Å². The van der Waals surface area contributed by atoms with Crippen molar-refractivity contribution in [2.24, 2.45) is 11.8 Å². The zero-order valence-corrected chi connectivity index (χ0v) is 25.5. The number of unbranched alkanes of at least 4 members (excludes halogenated alkanes) is 1. The Bertz CT molecular complexity index is 1270. The summed E-state index contributed by atoms with van der Waals surface area (Å²) in [5.74, 6) is -3.19. The van der Waals surface area contributed by atoms with Gasteiger partial charge < -0.3 is 29.7 Å². The van der Waals surface area contributed by atoms with Gasteiger partial charge in [-0.1, -0.05) is 58.4 Å². The SMILES string of the molecule is CC(C)N1C/C=C\CCC(=O)OC[C@@H](c2ccccc2)NC(=O)[C@@H]2[C@H]3O[C@@]4(C=C3Br)[C@H](C1=O)N(CCCCO)C(=O)[C@@H]24. The minimum atomic E-state index is -1.32. The lowest BCUT2D eigenvalue weighted by molar-refractivity contribution is -0.148. The fraction of sp³-hybridized carbons (Fsp3) is 0.548. The molecule has 226 valence electrons. The molecule has 0 aliphatic carbocycles. The molecule has 5 rings (SSSR count). The Morgan fingerprint density at radius 3 is 2.57 bits per heavy atom. The number of aliphatic hydroxyl groups is 1. The van der Waals surface area contributed by atoms with Crippen LogP contribution in [-0.4, -0.2) is 88.7 Å². The molecule has 4 heterocycles. The molecule has 0 saturated carbocycles. The minimum absolute atomic E-state index is 0.0291. The Labute approximate surface area is 254 Å². The highest BCUT2D eigenvalue weighted by atomic mass is 79.9. The zero-order valence-electron chi connectivity index (χ0n) is 23.9. The van der Waals surface area contributed by atoms with Crippen LogP contribution in [0.2, 0.25) is 0 Å². The van der Waals surface area contributed by atoms with Gasteiger partial charge in [-0.25, -0.2) is 0 Å². The molecule has 6 atom stereocenters. The Morgan fingerprint density at radius 1 is 1.10 bits per heavy atom. The Morgan fingerprint density at radius 2 is 1.86 bits per heavy atom. The molecule has 0 aromatic heterocycles. The minimum Gasteiger partial charge on any atom is -0.463 e. The molecule has 3 amide bonds. The van der Waals surface area contributed by atoms with Crippen LogP contribution in [-0.2, 0) is 28.7 Å². The molecular formula is C31H38BrN3O7. The summed E-state index contributed by atoms with van der Waals surface area (Å²) in [6.45, 7) is 4.27. The average Bonchev–Trinajstić information content (AvgIpc) is 3.55. The van der Waals surface area contributed by atoms with Crippen molar-refractivity contribution in [3.63, 3.8) is 0 Å². The summed E-state index contributed by atoms with van der Waals surface area (Å²) in [5.41, 5.74) is -0.563. The molecule has 1 aromatic rings. The lowest BCUT2D eigenvalue weighted by Crippen LogP contribution is -2.57. The van der Waals surface area contributed by atoms with Crippen LogP contribution in [0.3, 0.4) is 0 Å². The number of carbonyl (C=O) groups excluding carboxylic acids is 4. The van der Waals surface area contributed by atoms with E-state index in [1.807, 2.05) is 56.3 Å². The van der Waals surface area contributed by atoms with Crippen LogP contribution in [0, 0.1) is 11.8 Å². The second-order valence-corrected chi connectivity index (χ2v) is 12.5. The molecule has 11 heteroatoms. The lowest BCUT2D eigenvalue weighted by atomic mass is 9.74. The van der Waals surface area contributed by atoms with Gasteiger partial charge in [-0.15, -0.1) is 0 Å². The first-order chi connectivity index (χ1) is 20.2. The van der Waals surface area contributed by atoms with Gasteiger partial charge in [-0.05, 0) is 44.7 Å². The molecule has 5 bridgehead atoms. The number of allylic oxidation sites excluding steroid dienone is 1. The lowest BCUT2D eigenvalue weighted by Gasteiger charge is -2.37. The van der Waals surface area contributed by atoms with Crippen molar-refractivity contribution >= 4 is 39.6 Å². The van der Waals surface area contributed by atoms with E-state index in [4.69, 9.17) is 9.47 Å². The van der Waals surface area contributed by atoms with Gasteiger partial charge in [0.25, 0.3) is 0 Å². The van der Waals surface area contributed by atoms with Crippen molar-refractivity contribution in [1.82, 2.24) is 15.1 Å². The van der Waals surface area contributed by atoms with Gasteiger partial charge in [0.15, 0.2) is 0 Å². The van der Waals surface area contributed by atoms with E-state index in [9.17, 15) is 24.3 Å². The number of aliphatic hydroxyl groups excluding tert-OH is 1. The van der Waals surface area contributed by atoms with Crippen LogP contribution in [0.25, 0.3) is 0 Å². The highest BCUT2D eigenvalue weighted by molar-refractivity contribution is 9.11. The van der Waals surface area contributed by atoms with E-state index in [2.05, 4.69) is 21.2 Å². The first-order valence-electron chi connectivity index (χ1n) is 14.6. The number of rotatable bonds is 6. The highest BCUT2D eigenvalue weighted by Gasteiger charge is 2.74. The number of benzene rings is 1. The summed E-state index contributed by atoms with van der Waals surface area (Å²) < 4.78 is 12.7. The standard InChI is InChI=1S/C31H38BrN3O7/c1-19(2)34-14-8-4-7-13-23(37)41-18-22(20-11-5-3-6-12-20)33-28(38)24-25-29(39)35(15-9-10-16-36)27(30(34)40)31(25)17-21(32)26(24)42-31/h3-6,8,11-12,17,19,22,24-27,36H,7,9-10,13-16,18H2,1-2H3,(H,33,38)/b8-4-/t22-,24-,25+,26-,27-,31+/m0/s1. The molecule has 0 radical (unpaired) electrons. The number of fused-ring (bicyclic) bond motifs is 2. The molecule has 0 unspecified atom stereocenters. The van der Waals surface area contributed by atoms with E-state index in [1.54, 1.807) is 15.9 Å². The number of esters is 1. The monoisotopic (exact) mass is 643 g/mol. The quantitative estimate of drug-likeness (QED) is 0.277. The predicted molar refractivity (Wildman–Crippen MR) is 157 cm³/mol. The number of carbonyl (C=O) groups is 4. The molecule has 2 N–H and O–H groups in total. The van der Waals surface area contributed by atoms with E-state index in [0.717, 1.165) is 5.56 Å². The van der Waals surface area contributed by atoms with Crippen molar-refractivity contribution in [2.75, 3.05) is 26.3 Å². The predicted octanol–water partition coefficient (Wildman–Crippen LogP) is 2.62. The van der Waals surface area contributed by atoms with Crippen LogP contribution in [0.5, 0.6) is 0 Å². The van der Waals surface area contributed by atoms with Gasteiger partial charge in [-0.2, -0.15) is 0 Å². The number of nitrogens with one attached hydrogen (secondary N) is 1. The molecule has 1 aromatic carbocycles. The van der Waals surface area contributed by atoms with Crippen molar-refractivity contribution in [3.05, 3.63) is 58.6 Å². The maximum atomic E-state index is 14.4. The van der Waals surface area contributed by atoms with Crippen molar-refractivity contribution in [2.45, 2.75) is 69.4 Å². The summed E-state index contributed by atoms with van der Waals surface area (Å²) >= 11 is 3.58. The van der Waals surface area contributed by atoms with Crippen LogP contribution < -0.4 is 5.32 Å². The molecule has 4 aliphatic heterocycles. The Kier molecular flexibility index (Phi) is 9.20.